The summed E-state index contributed by atoms with van der Waals surface area (Å²) in [4.78, 5) is 0. The molecular formula is C16H24O. The lowest BCUT2D eigenvalue weighted by atomic mass is 9.97. The Bertz CT molecular complexity index is 355. The van der Waals surface area contributed by atoms with Crippen molar-refractivity contribution in [2.24, 2.45) is 0 Å². The molecule has 1 atom stereocenters. The standard InChI is InChI=1S/C16H24O/c1-4-5-6-7-8-9-16(17)15-11-10-13(2)12-14(15)3/h4,10-12,16-17H,1,5-9H2,2-3H3. The molecule has 1 unspecified atom stereocenters. The molecule has 17 heavy (non-hydrogen) atoms. The van der Waals surface area contributed by atoms with Crippen LogP contribution in [-0.4, -0.2) is 5.11 Å². The van der Waals surface area contributed by atoms with Crippen molar-refractivity contribution >= 4 is 0 Å². The highest BCUT2D eigenvalue weighted by Gasteiger charge is 2.09. The monoisotopic (exact) mass is 232 g/mol. The number of unbranched alkanes of at least 4 members (excludes halogenated alkanes) is 3. The molecule has 1 nitrogen and oxygen atoms in total. The van der Waals surface area contributed by atoms with Crippen molar-refractivity contribution in [2.45, 2.75) is 52.1 Å². The van der Waals surface area contributed by atoms with Gasteiger partial charge in [0.05, 0.1) is 6.10 Å². The molecule has 1 rings (SSSR count). The van der Waals surface area contributed by atoms with Gasteiger partial charge in [0, 0.05) is 0 Å². The van der Waals surface area contributed by atoms with Crippen molar-refractivity contribution in [1.29, 1.82) is 0 Å². The van der Waals surface area contributed by atoms with E-state index in [1.165, 1.54) is 24.0 Å². The van der Waals surface area contributed by atoms with Crippen molar-refractivity contribution in [3.63, 3.8) is 0 Å². The van der Waals surface area contributed by atoms with E-state index in [1.54, 1.807) is 0 Å². The van der Waals surface area contributed by atoms with Crippen LogP contribution in [0.1, 0.15) is 54.9 Å². The molecule has 0 bridgehead atoms. The van der Waals surface area contributed by atoms with Crippen LogP contribution in [0.4, 0.5) is 0 Å². The van der Waals surface area contributed by atoms with Gasteiger partial charge in [0.2, 0.25) is 0 Å². The lowest BCUT2D eigenvalue weighted by Crippen LogP contribution is -2.00. The Labute approximate surface area is 105 Å². The Balaban J connectivity index is 2.41. The lowest BCUT2D eigenvalue weighted by Gasteiger charge is -2.14. The second-order valence-corrected chi connectivity index (χ2v) is 4.80. The van der Waals surface area contributed by atoms with E-state index in [4.69, 9.17) is 0 Å². The molecule has 1 aromatic rings. The van der Waals surface area contributed by atoms with Gasteiger partial charge in [-0.25, -0.2) is 0 Å². The second kappa shape index (κ2) is 7.29. The molecule has 94 valence electrons. The van der Waals surface area contributed by atoms with Crippen LogP contribution in [0.15, 0.2) is 30.9 Å². The van der Waals surface area contributed by atoms with Gasteiger partial charge in [0.15, 0.2) is 0 Å². The molecule has 0 aromatic heterocycles. The van der Waals surface area contributed by atoms with Crippen LogP contribution in [-0.2, 0) is 0 Å². The Morgan fingerprint density at radius 3 is 2.65 bits per heavy atom. The number of hydrogen-bond acceptors (Lipinski definition) is 1. The molecule has 0 saturated carbocycles. The molecule has 0 fully saturated rings. The van der Waals surface area contributed by atoms with E-state index < -0.39 is 0 Å². The second-order valence-electron chi connectivity index (χ2n) is 4.80. The third kappa shape index (κ3) is 4.74. The summed E-state index contributed by atoms with van der Waals surface area (Å²) in [6.45, 7) is 7.87. The Morgan fingerprint density at radius 1 is 1.24 bits per heavy atom. The van der Waals surface area contributed by atoms with E-state index in [1.807, 2.05) is 6.08 Å². The highest BCUT2D eigenvalue weighted by atomic mass is 16.3. The predicted molar refractivity (Wildman–Crippen MR) is 74.2 cm³/mol. The number of aryl methyl sites for hydroxylation is 2. The SMILES string of the molecule is C=CCCCCCC(O)c1ccc(C)cc1C. The van der Waals surface area contributed by atoms with Crippen LogP contribution >= 0.6 is 0 Å². The van der Waals surface area contributed by atoms with Crippen molar-refractivity contribution in [1.82, 2.24) is 0 Å². The zero-order valence-electron chi connectivity index (χ0n) is 11.1. The minimum Gasteiger partial charge on any atom is -0.388 e. The highest BCUT2D eigenvalue weighted by Crippen LogP contribution is 2.23. The van der Waals surface area contributed by atoms with Gasteiger partial charge in [-0.1, -0.05) is 42.7 Å². The average Bonchev–Trinajstić information content (AvgIpc) is 2.28. The summed E-state index contributed by atoms with van der Waals surface area (Å²) in [5.74, 6) is 0. The molecule has 1 aromatic carbocycles. The van der Waals surface area contributed by atoms with E-state index in [9.17, 15) is 5.11 Å². The molecule has 1 heteroatoms. The summed E-state index contributed by atoms with van der Waals surface area (Å²) < 4.78 is 0. The van der Waals surface area contributed by atoms with Crippen LogP contribution in [0.2, 0.25) is 0 Å². The molecule has 0 amide bonds. The lowest BCUT2D eigenvalue weighted by molar-refractivity contribution is 0.163. The summed E-state index contributed by atoms with van der Waals surface area (Å²) in [5.41, 5.74) is 3.53. The van der Waals surface area contributed by atoms with Gasteiger partial charge in [0.1, 0.15) is 0 Å². The number of hydrogen-bond donors (Lipinski definition) is 1. The third-order valence-electron chi connectivity index (χ3n) is 3.17. The summed E-state index contributed by atoms with van der Waals surface area (Å²) in [6.07, 6.45) is 7.04. The first kappa shape index (κ1) is 14.0. The highest BCUT2D eigenvalue weighted by molar-refractivity contribution is 5.31. The zero-order valence-corrected chi connectivity index (χ0v) is 11.1. The first-order valence-corrected chi connectivity index (χ1v) is 6.51. The maximum Gasteiger partial charge on any atom is 0.0792 e. The van der Waals surface area contributed by atoms with Gasteiger partial charge in [-0.2, -0.15) is 0 Å². The molecule has 0 aliphatic rings. The molecule has 0 heterocycles. The van der Waals surface area contributed by atoms with Gasteiger partial charge < -0.3 is 5.11 Å². The fourth-order valence-corrected chi connectivity index (χ4v) is 2.16. The Hall–Kier alpha value is -1.08. The third-order valence-corrected chi connectivity index (χ3v) is 3.17. The van der Waals surface area contributed by atoms with Crippen LogP contribution in [0.25, 0.3) is 0 Å². The van der Waals surface area contributed by atoms with Crippen LogP contribution in [0, 0.1) is 13.8 Å². The van der Waals surface area contributed by atoms with E-state index in [0.717, 1.165) is 24.8 Å². The molecule has 0 saturated heterocycles. The normalized spacial score (nSPS) is 12.4. The summed E-state index contributed by atoms with van der Waals surface area (Å²) in [5, 5.41) is 10.1. The maximum atomic E-state index is 10.1. The van der Waals surface area contributed by atoms with Crippen molar-refractivity contribution < 1.29 is 5.11 Å². The maximum absolute atomic E-state index is 10.1. The minimum atomic E-state index is -0.306. The number of allylic oxidation sites excluding steroid dienone is 1. The van der Waals surface area contributed by atoms with Crippen LogP contribution < -0.4 is 0 Å². The van der Waals surface area contributed by atoms with E-state index in [2.05, 4.69) is 38.6 Å². The number of aliphatic hydroxyl groups is 1. The van der Waals surface area contributed by atoms with Gasteiger partial charge >= 0.3 is 0 Å². The predicted octanol–water partition coefficient (Wildman–Crippen LogP) is 4.47. The number of rotatable bonds is 7. The quantitative estimate of drug-likeness (QED) is 0.543. The molecule has 0 aliphatic heterocycles. The van der Waals surface area contributed by atoms with Gasteiger partial charge in [-0.05, 0) is 44.2 Å². The molecule has 0 radical (unpaired) electrons. The average molecular weight is 232 g/mol. The summed E-state index contributed by atoms with van der Waals surface area (Å²) in [7, 11) is 0. The van der Waals surface area contributed by atoms with Crippen molar-refractivity contribution in [3.05, 3.63) is 47.5 Å². The number of benzene rings is 1. The van der Waals surface area contributed by atoms with Crippen LogP contribution in [0.3, 0.4) is 0 Å². The first-order chi connectivity index (χ1) is 8.15. The van der Waals surface area contributed by atoms with Crippen molar-refractivity contribution in [3.8, 4) is 0 Å². The van der Waals surface area contributed by atoms with E-state index >= 15 is 0 Å². The fourth-order valence-electron chi connectivity index (χ4n) is 2.16. The van der Waals surface area contributed by atoms with E-state index in [-0.39, 0.29) is 6.10 Å². The van der Waals surface area contributed by atoms with Gasteiger partial charge in [-0.3, -0.25) is 0 Å². The van der Waals surface area contributed by atoms with Gasteiger partial charge in [0.25, 0.3) is 0 Å². The minimum absolute atomic E-state index is 0.306. The van der Waals surface area contributed by atoms with Crippen molar-refractivity contribution in [2.75, 3.05) is 0 Å². The zero-order chi connectivity index (χ0) is 12.7. The van der Waals surface area contributed by atoms with E-state index in [0.29, 0.717) is 0 Å². The number of aliphatic hydroxyl groups excluding tert-OH is 1. The molecule has 0 spiro atoms. The summed E-state index contributed by atoms with van der Waals surface area (Å²) >= 11 is 0. The van der Waals surface area contributed by atoms with Crippen LogP contribution in [0.5, 0.6) is 0 Å². The molecule has 1 N–H and O–H groups in total. The van der Waals surface area contributed by atoms with Gasteiger partial charge in [-0.15, -0.1) is 6.58 Å². The molecular weight excluding hydrogens is 208 g/mol. The summed E-state index contributed by atoms with van der Waals surface area (Å²) in [6, 6.07) is 6.26. The smallest absolute Gasteiger partial charge is 0.0792 e. The topological polar surface area (TPSA) is 20.2 Å². The largest absolute Gasteiger partial charge is 0.388 e. The Morgan fingerprint density at radius 2 is 2.00 bits per heavy atom. The fraction of sp³-hybridized carbons (Fsp3) is 0.500. The Kier molecular flexibility index (Phi) is 5.99. The molecule has 0 aliphatic carbocycles. The first-order valence-electron chi connectivity index (χ1n) is 6.51.